The molecule has 1 amide bonds. The number of guanidine groups is 1. The predicted octanol–water partition coefficient (Wildman–Crippen LogP) is 1.30. The average molecular weight is 490 g/mol. The van der Waals surface area contributed by atoms with E-state index < -0.39 is 5.60 Å². The number of halogens is 1. The Balaban J connectivity index is 0.00000364. The second-order valence-electron chi connectivity index (χ2n) is 6.49. The van der Waals surface area contributed by atoms with Gasteiger partial charge in [0.15, 0.2) is 5.96 Å². The number of amides is 1. The number of carbonyl (C=O) groups is 1. The van der Waals surface area contributed by atoms with E-state index in [0.29, 0.717) is 50.7 Å². The Bertz CT molecular complexity index is 619. The molecule has 0 bridgehead atoms. The minimum atomic E-state index is -0.775. The van der Waals surface area contributed by atoms with E-state index in [1.807, 2.05) is 25.1 Å². The molecular formula is C19H31IN4O3. The lowest BCUT2D eigenvalue weighted by Gasteiger charge is -2.30. The van der Waals surface area contributed by atoms with Crippen LogP contribution in [0.3, 0.4) is 0 Å². The van der Waals surface area contributed by atoms with Gasteiger partial charge in [0.05, 0.1) is 12.1 Å². The van der Waals surface area contributed by atoms with Crippen molar-refractivity contribution >= 4 is 35.8 Å². The molecule has 0 aromatic heterocycles. The highest BCUT2D eigenvalue weighted by atomic mass is 127. The van der Waals surface area contributed by atoms with Crippen LogP contribution in [-0.4, -0.2) is 62.5 Å². The monoisotopic (exact) mass is 490 g/mol. The van der Waals surface area contributed by atoms with Gasteiger partial charge < -0.3 is 25.8 Å². The van der Waals surface area contributed by atoms with Crippen LogP contribution >= 0.6 is 24.0 Å². The Morgan fingerprint density at radius 1 is 1.30 bits per heavy atom. The Kier molecular flexibility index (Phi) is 10.6. The number of hydrogen-bond donors (Lipinski definition) is 4. The third kappa shape index (κ3) is 8.02. The van der Waals surface area contributed by atoms with E-state index in [2.05, 4.69) is 20.9 Å². The third-order valence-electron chi connectivity index (χ3n) is 4.42. The fourth-order valence-electron chi connectivity index (χ4n) is 2.82. The number of nitrogens with one attached hydrogen (secondary N) is 3. The van der Waals surface area contributed by atoms with Crippen molar-refractivity contribution in [3.8, 4) is 0 Å². The second-order valence-corrected chi connectivity index (χ2v) is 6.49. The number of hydrogen-bond acceptors (Lipinski definition) is 4. The maximum Gasteiger partial charge on any atom is 0.251 e. The van der Waals surface area contributed by atoms with Crippen LogP contribution in [-0.2, 0) is 11.2 Å². The van der Waals surface area contributed by atoms with E-state index in [-0.39, 0.29) is 29.9 Å². The van der Waals surface area contributed by atoms with Crippen LogP contribution in [0.5, 0.6) is 0 Å². The van der Waals surface area contributed by atoms with Crippen LogP contribution in [0.4, 0.5) is 0 Å². The normalized spacial score (nSPS) is 16.2. The van der Waals surface area contributed by atoms with Gasteiger partial charge in [-0.1, -0.05) is 12.1 Å². The Morgan fingerprint density at radius 2 is 2.04 bits per heavy atom. The van der Waals surface area contributed by atoms with Gasteiger partial charge in [-0.05, 0) is 31.0 Å². The van der Waals surface area contributed by atoms with E-state index in [1.54, 1.807) is 13.1 Å². The molecule has 0 spiro atoms. The van der Waals surface area contributed by atoms with Crippen molar-refractivity contribution in [1.82, 2.24) is 16.0 Å². The molecule has 0 aliphatic carbocycles. The molecule has 1 heterocycles. The molecule has 1 aliphatic heterocycles. The lowest BCUT2D eigenvalue weighted by Crippen LogP contribution is -2.43. The fourth-order valence-corrected chi connectivity index (χ4v) is 2.82. The molecule has 1 aromatic rings. The minimum Gasteiger partial charge on any atom is -0.388 e. The number of carbonyl (C=O) groups excluding carboxylic acids is 1. The van der Waals surface area contributed by atoms with Crippen molar-refractivity contribution in [3.63, 3.8) is 0 Å². The largest absolute Gasteiger partial charge is 0.388 e. The summed E-state index contributed by atoms with van der Waals surface area (Å²) in [5, 5.41) is 19.6. The summed E-state index contributed by atoms with van der Waals surface area (Å²) >= 11 is 0. The zero-order valence-electron chi connectivity index (χ0n) is 16.1. The van der Waals surface area contributed by atoms with Crippen LogP contribution in [0.15, 0.2) is 29.3 Å². The van der Waals surface area contributed by atoms with E-state index in [9.17, 15) is 9.90 Å². The van der Waals surface area contributed by atoms with Gasteiger partial charge in [0.1, 0.15) is 0 Å². The molecular weight excluding hydrogens is 459 g/mol. The second kappa shape index (κ2) is 12.1. The molecule has 8 heteroatoms. The summed E-state index contributed by atoms with van der Waals surface area (Å²) in [6.07, 6.45) is 2.00. The summed E-state index contributed by atoms with van der Waals surface area (Å²) < 4.78 is 5.30. The molecule has 1 aromatic carbocycles. The SMILES string of the molecule is CCNC(=NCC1(O)CCOCC1)NCCc1cccc(C(=O)NC)c1.I. The van der Waals surface area contributed by atoms with Crippen molar-refractivity contribution < 1.29 is 14.6 Å². The summed E-state index contributed by atoms with van der Waals surface area (Å²) in [4.78, 5) is 16.2. The van der Waals surface area contributed by atoms with E-state index >= 15 is 0 Å². The summed E-state index contributed by atoms with van der Waals surface area (Å²) in [6, 6.07) is 7.59. The highest BCUT2D eigenvalue weighted by Gasteiger charge is 2.29. The molecule has 1 saturated heterocycles. The highest BCUT2D eigenvalue weighted by molar-refractivity contribution is 14.0. The first kappa shape index (κ1) is 23.6. The van der Waals surface area contributed by atoms with Crippen LogP contribution in [0.25, 0.3) is 0 Å². The van der Waals surface area contributed by atoms with Gasteiger partial charge in [0.25, 0.3) is 5.91 Å². The fraction of sp³-hybridized carbons (Fsp3) is 0.579. The van der Waals surface area contributed by atoms with Crippen molar-refractivity contribution in [2.75, 3.05) is 39.9 Å². The molecule has 7 nitrogen and oxygen atoms in total. The molecule has 2 rings (SSSR count). The summed E-state index contributed by atoms with van der Waals surface area (Å²) in [5.74, 6) is 0.606. The number of rotatable bonds is 7. The summed E-state index contributed by atoms with van der Waals surface area (Å²) in [7, 11) is 1.63. The molecule has 1 fully saturated rings. The maximum absolute atomic E-state index is 11.7. The number of nitrogens with zero attached hydrogens (tertiary/aromatic N) is 1. The molecule has 1 aliphatic rings. The standard InChI is InChI=1S/C19H30N4O3.HI/c1-3-21-18(23-14-19(25)8-11-26-12-9-19)22-10-7-15-5-4-6-16(13-15)17(24)20-2;/h4-6,13,25H,3,7-12,14H2,1-2H3,(H,20,24)(H2,21,22,23);1H. The van der Waals surface area contributed by atoms with Gasteiger partial charge in [0, 0.05) is 51.8 Å². The molecule has 0 radical (unpaired) electrons. The van der Waals surface area contributed by atoms with Crippen molar-refractivity contribution in [3.05, 3.63) is 35.4 Å². The first-order valence-electron chi connectivity index (χ1n) is 9.19. The summed E-state index contributed by atoms with van der Waals surface area (Å²) in [5.41, 5.74) is 0.965. The molecule has 4 N–H and O–H groups in total. The topological polar surface area (TPSA) is 95.0 Å². The van der Waals surface area contributed by atoms with E-state index in [4.69, 9.17) is 4.74 Å². The smallest absolute Gasteiger partial charge is 0.251 e. The lowest BCUT2D eigenvalue weighted by molar-refractivity contribution is -0.0566. The highest BCUT2D eigenvalue weighted by Crippen LogP contribution is 2.20. The Hall–Kier alpha value is -1.39. The first-order chi connectivity index (χ1) is 12.6. The molecule has 27 heavy (non-hydrogen) atoms. The quantitative estimate of drug-likeness (QED) is 0.263. The number of aliphatic imine (C=N–C) groups is 1. The lowest BCUT2D eigenvalue weighted by atomic mass is 9.95. The number of benzene rings is 1. The maximum atomic E-state index is 11.7. The number of ether oxygens (including phenoxy) is 1. The Morgan fingerprint density at radius 3 is 2.70 bits per heavy atom. The van der Waals surface area contributed by atoms with Crippen molar-refractivity contribution in [1.29, 1.82) is 0 Å². The van der Waals surface area contributed by atoms with Crippen LogP contribution < -0.4 is 16.0 Å². The van der Waals surface area contributed by atoms with Gasteiger partial charge in [-0.2, -0.15) is 0 Å². The van der Waals surface area contributed by atoms with Crippen molar-refractivity contribution in [2.45, 2.75) is 31.8 Å². The zero-order chi connectivity index (χ0) is 18.8. The first-order valence-corrected chi connectivity index (χ1v) is 9.19. The van der Waals surface area contributed by atoms with Gasteiger partial charge in [-0.25, -0.2) is 0 Å². The molecule has 0 saturated carbocycles. The van der Waals surface area contributed by atoms with Gasteiger partial charge in [-0.3, -0.25) is 9.79 Å². The molecule has 152 valence electrons. The zero-order valence-corrected chi connectivity index (χ0v) is 18.4. The van der Waals surface area contributed by atoms with Crippen LogP contribution in [0, 0.1) is 0 Å². The average Bonchev–Trinajstić information content (AvgIpc) is 2.66. The van der Waals surface area contributed by atoms with Gasteiger partial charge in [0.2, 0.25) is 0 Å². The van der Waals surface area contributed by atoms with Crippen molar-refractivity contribution in [2.24, 2.45) is 4.99 Å². The van der Waals surface area contributed by atoms with Crippen LogP contribution in [0.1, 0.15) is 35.7 Å². The summed E-state index contributed by atoms with van der Waals surface area (Å²) in [6.45, 7) is 4.96. The van der Waals surface area contributed by atoms with E-state index in [1.165, 1.54) is 0 Å². The van der Waals surface area contributed by atoms with Gasteiger partial charge >= 0.3 is 0 Å². The number of aliphatic hydroxyl groups is 1. The predicted molar refractivity (Wildman–Crippen MR) is 118 cm³/mol. The van der Waals surface area contributed by atoms with Gasteiger partial charge in [-0.15, -0.1) is 24.0 Å². The Labute approximate surface area is 178 Å². The minimum absolute atomic E-state index is 0. The molecule has 0 unspecified atom stereocenters. The third-order valence-corrected chi connectivity index (χ3v) is 4.42. The molecule has 0 atom stereocenters. The van der Waals surface area contributed by atoms with E-state index in [0.717, 1.165) is 18.5 Å². The van der Waals surface area contributed by atoms with Crippen LogP contribution in [0.2, 0.25) is 0 Å².